The topological polar surface area (TPSA) is 34.9 Å². The summed E-state index contributed by atoms with van der Waals surface area (Å²) in [5.41, 5.74) is 1.26. The van der Waals surface area contributed by atoms with E-state index in [1.54, 1.807) is 30.1 Å². The van der Waals surface area contributed by atoms with E-state index < -0.39 is 0 Å². The number of carbonyl (C=O) groups is 1. The summed E-state index contributed by atoms with van der Waals surface area (Å²) in [5, 5.41) is 0.843. The molecular weight excluding hydrogens is 360 g/mol. The van der Waals surface area contributed by atoms with E-state index in [9.17, 15) is 4.79 Å². The Bertz CT molecular complexity index is 598. The minimum Gasteiger partial charge on any atom is -0.319 e. The summed E-state index contributed by atoms with van der Waals surface area (Å²) in [6.45, 7) is 0. The summed E-state index contributed by atoms with van der Waals surface area (Å²) in [6, 6.07) is 7.33. The number of imidazole rings is 1. The molecule has 106 valence electrons. The largest absolute Gasteiger partial charge is 0.319 e. The molecule has 20 heavy (non-hydrogen) atoms. The maximum atomic E-state index is 12.4. The van der Waals surface area contributed by atoms with Crippen LogP contribution in [0.3, 0.4) is 0 Å². The van der Waals surface area contributed by atoms with E-state index in [-0.39, 0.29) is 5.78 Å². The second-order valence-electron chi connectivity index (χ2n) is 4.21. The molecule has 0 bridgehead atoms. The van der Waals surface area contributed by atoms with E-state index in [4.69, 9.17) is 11.6 Å². The number of nitrogens with zero attached hydrogens (tertiary/aromatic N) is 2. The number of thioether (sulfide) groups is 1. The molecule has 0 aliphatic rings. The average molecular weight is 374 g/mol. The summed E-state index contributed by atoms with van der Waals surface area (Å²) < 4.78 is 2.79. The van der Waals surface area contributed by atoms with Crippen molar-refractivity contribution >= 4 is 45.1 Å². The number of hydrogen-bond acceptors (Lipinski definition) is 3. The molecule has 3 nitrogen and oxygen atoms in total. The highest BCUT2D eigenvalue weighted by Gasteiger charge is 2.15. The Morgan fingerprint density at radius 1 is 1.40 bits per heavy atom. The van der Waals surface area contributed by atoms with Gasteiger partial charge in [-0.2, -0.15) is 0 Å². The fraction of sp³-hybridized carbons (Fsp3) is 0.286. The SMILES string of the molecule is Cn1c(C(=O)c2ccc(Br)cc2)cnc1SCCCCl. The Kier molecular flexibility index (Phi) is 5.69. The lowest BCUT2D eigenvalue weighted by Crippen LogP contribution is -2.07. The zero-order chi connectivity index (χ0) is 14.5. The standard InChI is InChI=1S/C14H14BrClN2OS/c1-18-12(9-17-14(18)20-8-2-7-16)13(19)10-3-5-11(15)6-4-10/h3-6,9H,2,7-8H2,1H3. The number of carbonyl (C=O) groups excluding carboxylic acids is 1. The van der Waals surface area contributed by atoms with Gasteiger partial charge >= 0.3 is 0 Å². The first kappa shape index (κ1) is 15.6. The van der Waals surface area contributed by atoms with Crippen molar-refractivity contribution in [2.75, 3.05) is 11.6 Å². The van der Waals surface area contributed by atoms with Gasteiger partial charge in [-0.1, -0.05) is 27.7 Å². The first-order valence-corrected chi connectivity index (χ1v) is 8.45. The lowest BCUT2D eigenvalue weighted by atomic mass is 10.1. The van der Waals surface area contributed by atoms with Crippen LogP contribution in [0.5, 0.6) is 0 Å². The molecule has 0 radical (unpaired) electrons. The highest BCUT2D eigenvalue weighted by molar-refractivity contribution is 9.10. The van der Waals surface area contributed by atoms with Crippen molar-refractivity contribution in [1.29, 1.82) is 0 Å². The van der Waals surface area contributed by atoms with Gasteiger partial charge in [-0.05, 0) is 30.7 Å². The molecule has 6 heteroatoms. The van der Waals surface area contributed by atoms with E-state index >= 15 is 0 Å². The first-order valence-electron chi connectivity index (χ1n) is 6.14. The van der Waals surface area contributed by atoms with Crippen LogP contribution in [0.15, 0.2) is 40.1 Å². The Morgan fingerprint density at radius 3 is 2.75 bits per heavy atom. The highest BCUT2D eigenvalue weighted by Crippen LogP contribution is 2.20. The van der Waals surface area contributed by atoms with Gasteiger partial charge in [0.1, 0.15) is 5.69 Å². The monoisotopic (exact) mass is 372 g/mol. The lowest BCUT2D eigenvalue weighted by molar-refractivity contribution is 0.103. The second-order valence-corrected chi connectivity index (χ2v) is 6.57. The number of alkyl halides is 1. The molecule has 0 saturated heterocycles. The summed E-state index contributed by atoms with van der Waals surface area (Å²) in [7, 11) is 1.86. The average Bonchev–Trinajstić information content (AvgIpc) is 2.81. The van der Waals surface area contributed by atoms with E-state index in [1.165, 1.54) is 0 Å². The van der Waals surface area contributed by atoms with Gasteiger partial charge in [0.15, 0.2) is 5.16 Å². The lowest BCUT2D eigenvalue weighted by Gasteiger charge is -2.05. The summed E-state index contributed by atoms with van der Waals surface area (Å²) in [6.07, 6.45) is 2.56. The molecule has 1 aromatic carbocycles. The van der Waals surface area contributed by atoms with Gasteiger partial charge in [0, 0.05) is 28.7 Å². The van der Waals surface area contributed by atoms with E-state index in [2.05, 4.69) is 20.9 Å². The van der Waals surface area contributed by atoms with Gasteiger partial charge < -0.3 is 4.57 Å². The summed E-state index contributed by atoms with van der Waals surface area (Å²) in [4.78, 5) is 16.7. The highest BCUT2D eigenvalue weighted by atomic mass is 79.9. The van der Waals surface area contributed by atoms with Gasteiger partial charge in [-0.3, -0.25) is 4.79 Å². The van der Waals surface area contributed by atoms with E-state index in [0.717, 1.165) is 21.8 Å². The maximum Gasteiger partial charge on any atom is 0.211 e. The molecule has 0 saturated carbocycles. The summed E-state index contributed by atoms with van der Waals surface area (Å²) >= 11 is 10.6. The van der Waals surface area contributed by atoms with Crippen LogP contribution >= 0.6 is 39.3 Å². The van der Waals surface area contributed by atoms with Gasteiger partial charge in [0.25, 0.3) is 0 Å². The zero-order valence-electron chi connectivity index (χ0n) is 11.0. The number of hydrogen-bond donors (Lipinski definition) is 0. The fourth-order valence-corrected chi connectivity index (χ4v) is 3.15. The number of ketones is 1. The Morgan fingerprint density at radius 2 is 2.10 bits per heavy atom. The second kappa shape index (κ2) is 7.29. The predicted molar refractivity (Wildman–Crippen MR) is 86.8 cm³/mol. The molecular formula is C14H14BrClN2OS. The Hall–Kier alpha value is -0.780. The van der Waals surface area contributed by atoms with E-state index in [0.29, 0.717) is 17.1 Å². The molecule has 0 atom stereocenters. The van der Waals surface area contributed by atoms with Crippen molar-refractivity contribution in [3.63, 3.8) is 0 Å². The van der Waals surface area contributed by atoms with Crippen molar-refractivity contribution in [2.45, 2.75) is 11.6 Å². The molecule has 1 aromatic heterocycles. The van der Waals surface area contributed by atoms with Gasteiger partial charge in [-0.15, -0.1) is 11.6 Å². The molecule has 0 unspecified atom stereocenters. The van der Waals surface area contributed by atoms with Crippen LogP contribution in [0, 0.1) is 0 Å². The molecule has 0 amide bonds. The minimum absolute atomic E-state index is 0.0170. The van der Waals surface area contributed by atoms with Gasteiger partial charge in [0.2, 0.25) is 5.78 Å². The molecule has 0 aliphatic carbocycles. The van der Waals surface area contributed by atoms with Crippen LogP contribution in [-0.2, 0) is 7.05 Å². The number of benzene rings is 1. The zero-order valence-corrected chi connectivity index (χ0v) is 14.1. The normalized spacial score (nSPS) is 10.8. The van der Waals surface area contributed by atoms with Crippen LogP contribution in [0.1, 0.15) is 22.5 Å². The third-order valence-electron chi connectivity index (χ3n) is 2.79. The predicted octanol–water partition coefficient (Wildman–Crippen LogP) is 4.13. The fourth-order valence-electron chi connectivity index (χ4n) is 1.70. The van der Waals surface area contributed by atoms with Crippen LogP contribution in [0.4, 0.5) is 0 Å². The van der Waals surface area contributed by atoms with Crippen molar-refractivity contribution in [3.8, 4) is 0 Å². The number of rotatable bonds is 6. The molecule has 0 fully saturated rings. The molecule has 1 heterocycles. The third-order valence-corrected chi connectivity index (χ3v) is 4.72. The Balaban J connectivity index is 2.16. The van der Waals surface area contributed by atoms with Crippen LogP contribution in [-0.4, -0.2) is 27.0 Å². The smallest absolute Gasteiger partial charge is 0.211 e. The van der Waals surface area contributed by atoms with Crippen molar-refractivity contribution in [2.24, 2.45) is 7.05 Å². The number of aromatic nitrogens is 2. The van der Waals surface area contributed by atoms with Crippen LogP contribution in [0.25, 0.3) is 0 Å². The molecule has 0 N–H and O–H groups in total. The number of halogens is 2. The van der Waals surface area contributed by atoms with E-state index in [1.807, 2.05) is 23.7 Å². The Labute approximate surface area is 135 Å². The van der Waals surface area contributed by atoms with Crippen molar-refractivity contribution in [3.05, 3.63) is 46.2 Å². The maximum absolute atomic E-state index is 12.4. The minimum atomic E-state index is -0.0170. The molecule has 2 aromatic rings. The molecule has 0 aliphatic heterocycles. The third kappa shape index (κ3) is 3.65. The summed E-state index contributed by atoms with van der Waals surface area (Å²) in [5.74, 6) is 1.53. The van der Waals surface area contributed by atoms with Gasteiger partial charge in [0.05, 0.1) is 6.20 Å². The van der Waals surface area contributed by atoms with Crippen LogP contribution in [0.2, 0.25) is 0 Å². The first-order chi connectivity index (χ1) is 9.63. The quantitative estimate of drug-likeness (QED) is 0.330. The molecule has 2 rings (SSSR count). The van der Waals surface area contributed by atoms with Gasteiger partial charge in [-0.25, -0.2) is 4.98 Å². The van der Waals surface area contributed by atoms with Crippen molar-refractivity contribution in [1.82, 2.24) is 9.55 Å². The van der Waals surface area contributed by atoms with Crippen molar-refractivity contribution < 1.29 is 4.79 Å². The van der Waals surface area contributed by atoms with Crippen LogP contribution < -0.4 is 0 Å². The molecule has 0 spiro atoms.